The van der Waals surface area contributed by atoms with Gasteiger partial charge in [-0.05, 0) is 13.0 Å². The van der Waals surface area contributed by atoms with E-state index in [0.29, 0.717) is 6.42 Å². The molecule has 0 aliphatic heterocycles. The monoisotopic (exact) mass is 228 g/mol. The van der Waals surface area contributed by atoms with Crippen LogP contribution >= 0.6 is 0 Å². The molecule has 0 fully saturated rings. The Morgan fingerprint density at radius 2 is 1.62 bits per heavy atom. The van der Waals surface area contributed by atoms with Crippen LogP contribution in [0.3, 0.4) is 0 Å². The fourth-order valence-electron chi connectivity index (χ4n) is 1.57. The van der Waals surface area contributed by atoms with E-state index in [0.717, 1.165) is 13.1 Å². The minimum atomic E-state index is 0.204. The average Bonchev–Trinajstić information content (AvgIpc) is 2.26. The minimum absolute atomic E-state index is 0.204. The van der Waals surface area contributed by atoms with E-state index in [4.69, 9.17) is 0 Å². The molecule has 0 spiro atoms. The van der Waals surface area contributed by atoms with E-state index in [-0.39, 0.29) is 5.91 Å². The molecule has 0 saturated heterocycles. The number of carbonyl (C=O) groups excluding carboxylic acids is 1. The van der Waals surface area contributed by atoms with E-state index in [1.807, 2.05) is 0 Å². The van der Waals surface area contributed by atoms with Crippen molar-refractivity contribution < 1.29 is 4.79 Å². The van der Waals surface area contributed by atoms with Crippen LogP contribution in [0.5, 0.6) is 0 Å². The standard InChI is InChI=1S/C13H28N2O/c1-4-5-6-7-8-9-11-14-12-10-13(16)15(2)3/h14H,4-12H2,1-3H3. The smallest absolute Gasteiger partial charge is 0.223 e. The molecule has 0 aliphatic rings. The first-order valence-electron chi connectivity index (χ1n) is 6.59. The zero-order valence-electron chi connectivity index (χ0n) is 11.2. The Balaban J connectivity index is 3.07. The number of nitrogens with one attached hydrogen (secondary N) is 1. The normalized spacial score (nSPS) is 10.4. The molecule has 3 heteroatoms. The first-order valence-corrected chi connectivity index (χ1v) is 6.59. The lowest BCUT2D eigenvalue weighted by Gasteiger charge is -2.10. The second kappa shape index (κ2) is 10.9. The lowest BCUT2D eigenvalue weighted by atomic mass is 10.1. The third-order valence-corrected chi connectivity index (χ3v) is 2.72. The molecule has 1 amide bonds. The quantitative estimate of drug-likeness (QED) is 0.582. The summed E-state index contributed by atoms with van der Waals surface area (Å²) in [5, 5.41) is 3.31. The van der Waals surface area contributed by atoms with Gasteiger partial charge in [0.2, 0.25) is 5.91 Å². The summed E-state index contributed by atoms with van der Waals surface area (Å²) in [6, 6.07) is 0. The maximum Gasteiger partial charge on any atom is 0.223 e. The van der Waals surface area contributed by atoms with Crippen molar-refractivity contribution in [2.24, 2.45) is 0 Å². The molecule has 0 radical (unpaired) electrons. The number of hydrogen-bond acceptors (Lipinski definition) is 2. The van der Waals surface area contributed by atoms with Crippen LogP contribution in [0.4, 0.5) is 0 Å². The van der Waals surface area contributed by atoms with Crippen molar-refractivity contribution in [1.29, 1.82) is 0 Å². The van der Waals surface area contributed by atoms with Crippen LogP contribution in [-0.4, -0.2) is 38.0 Å². The molecule has 0 aliphatic carbocycles. The molecular weight excluding hydrogens is 200 g/mol. The van der Waals surface area contributed by atoms with E-state index in [9.17, 15) is 4.79 Å². The lowest BCUT2D eigenvalue weighted by Crippen LogP contribution is -2.27. The Bertz CT molecular complexity index is 169. The Hall–Kier alpha value is -0.570. The zero-order valence-corrected chi connectivity index (χ0v) is 11.2. The number of nitrogens with zero attached hydrogens (tertiary/aromatic N) is 1. The first-order chi connectivity index (χ1) is 7.68. The summed E-state index contributed by atoms with van der Waals surface area (Å²) in [7, 11) is 3.60. The topological polar surface area (TPSA) is 32.3 Å². The predicted octanol–water partition coefficient (Wildman–Crippen LogP) is 2.41. The van der Waals surface area contributed by atoms with Crippen LogP contribution in [0.25, 0.3) is 0 Å². The average molecular weight is 228 g/mol. The summed E-state index contributed by atoms with van der Waals surface area (Å²) in [6.07, 6.45) is 8.56. The lowest BCUT2D eigenvalue weighted by molar-refractivity contribution is -0.128. The van der Waals surface area contributed by atoms with Crippen LogP contribution < -0.4 is 5.32 Å². The summed E-state index contributed by atoms with van der Waals surface area (Å²) >= 11 is 0. The second-order valence-corrected chi connectivity index (χ2v) is 4.56. The highest BCUT2D eigenvalue weighted by Gasteiger charge is 2.01. The molecule has 16 heavy (non-hydrogen) atoms. The van der Waals surface area contributed by atoms with Crippen LogP contribution in [0.15, 0.2) is 0 Å². The number of unbranched alkanes of at least 4 members (excludes halogenated alkanes) is 5. The summed E-state index contributed by atoms with van der Waals surface area (Å²) in [5.41, 5.74) is 0. The Morgan fingerprint density at radius 3 is 2.25 bits per heavy atom. The van der Waals surface area contributed by atoms with Crippen molar-refractivity contribution in [3.8, 4) is 0 Å². The Labute approximate surface area is 101 Å². The van der Waals surface area contributed by atoms with Crippen molar-refractivity contribution in [1.82, 2.24) is 10.2 Å². The van der Waals surface area contributed by atoms with Gasteiger partial charge >= 0.3 is 0 Å². The van der Waals surface area contributed by atoms with Gasteiger partial charge in [-0.15, -0.1) is 0 Å². The predicted molar refractivity (Wildman–Crippen MR) is 69.6 cm³/mol. The number of amides is 1. The summed E-state index contributed by atoms with van der Waals surface area (Å²) in [5.74, 6) is 0.204. The van der Waals surface area contributed by atoms with E-state index >= 15 is 0 Å². The molecule has 0 aromatic rings. The SMILES string of the molecule is CCCCCCCCNCCC(=O)N(C)C. The molecule has 1 N–H and O–H groups in total. The third kappa shape index (κ3) is 9.97. The molecule has 96 valence electrons. The number of hydrogen-bond donors (Lipinski definition) is 1. The summed E-state index contributed by atoms with van der Waals surface area (Å²) in [4.78, 5) is 12.9. The van der Waals surface area contributed by atoms with Gasteiger partial charge in [0, 0.05) is 27.1 Å². The fraction of sp³-hybridized carbons (Fsp3) is 0.923. The van der Waals surface area contributed by atoms with Gasteiger partial charge in [-0.25, -0.2) is 0 Å². The first kappa shape index (κ1) is 15.4. The molecule has 0 rings (SSSR count). The molecule has 0 bridgehead atoms. The minimum Gasteiger partial charge on any atom is -0.349 e. The van der Waals surface area contributed by atoms with E-state index in [1.54, 1.807) is 19.0 Å². The Kier molecular flexibility index (Phi) is 10.5. The van der Waals surface area contributed by atoms with Gasteiger partial charge in [-0.2, -0.15) is 0 Å². The van der Waals surface area contributed by atoms with Crippen molar-refractivity contribution >= 4 is 5.91 Å². The van der Waals surface area contributed by atoms with Crippen molar-refractivity contribution in [3.05, 3.63) is 0 Å². The van der Waals surface area contributed by atoms with Gasteiger partial charge < -0.3 is 10.2 Å². The van der Waals surface area contributed by atoms with Gasteiger partial charge in [-0.1, -0.05) is 39.0 Å². The Morgan fingerprint density at radius 1 is 1.00 bits per heavy atom. The molecule has 0 atom stereocenters. The van der Waals surface area contributed by atoms with Gasteiger partial charge in [-0.3, -0.25) is 4.79 Å². The molecular formula is C13H28N2O. The van der Waals surface area contributed by atoms with Crippen LogP contribution in [-0.2, 0) is 4.79 Å². The number of carbonyl (C=O) groups is 1. The maximum absolute atomic E-state index is 11.2. The van der Waals surface area contributed by atoms with E-state index in [1.165, 1.54) is 38.5 Å². The third-order valence-electron chi connectivity index (χ3n) is 2.72. The molecule has 0 saturated carbocycles. The molecule has 0 aromatic carbocycles. The summed E-state index contributed by atoms with van der Waals surface area (Å²) < 4.78 is 0. The van der Waals surface area contributed by atoms with Crippen molar-refractivity contribution in [2.45, 2.75) is 51.9 Å². The van der Waals surface area contributed by atoms with Crippen LogP contribution in [0.2, 0.25) is 0 Å². The maximum atomic E-state index is 11.2. The van der Waals surface area contributed by atoms with E-state index in [2.05, 4.69) is 12.2 Å². The van der Waals surface area contributed by atoms with Gasteiger partial charge in [0.15, 0.2) is 0 Å². The fourth-order valence-corrected chi connectivity index (χ4v) is 1.57. The molecule has 3 nitrogen and oxygen atoms in total. The highest BCUT2D eigenvalue weighted by Crippen LogP contribution is 2.03. The van der Waals surface area contributed by atoms with Crippen LogP contribution in [0.1, 0.15) is 51.9 Å². The molecule has 0 aromatic heterocycles. The van der Waals surface area contributed by atoms with Crippen LogP contribution in [0, 0.1) is 0 Å². The number of rotatable bonds is 10. The summed E-state index contributed by atoms with van der Waals surface area (Å²) in [6.45, 7) is 4.10. The molecule has 0 heterocycles. The van der Waals surface area contributed by atoms with E-state index < -0.39 is 0 Å². The van der Waals surface area contributed by atoms with Gasteiger partial charge in [0.05, 0.1) is 0 Å². The van der Waals surface area contributed by atoms with Crippen molar-refractivity contribution in [2.75, 3.05) is 27.2 Å². The second-order valence-electron chi connectivity index (χ2n) is 4.56. The van der Waals surface area contributed by atoms with Gasteiger partial charge in [0.1, 0.15) is 0 Å². The molecule has 0 unspecified atom stereocenters. The zero-order chi connectivity index (χ0) is 12.2. The van der Waals surface area contributed by atoms with Gasteiger partial charge in [0.25, 0.3) is 0 Å². The van der Waals surface area contributed by atoms with Crippen molar-refractivity contribution in [3.63, 3.8) is 0 Å². The largest absolute Gasteiger partial charge is 0.349 e. The highest BCUT2D eigenvalue weighted by atomic mass is 16.2. The highest BCUT2D eigenvalue weighted by molar-refractivity contribution is 5.75.